The number of carbonyl (C=O) groups excluding carboxylic acids is 1. The molecule has 2 aromatic rings. The Morgan fingerprint density at radius 2 is 2.00 bits per heavy atom. The molecule has 0 aliphatic heterocycles. The van der Waals surface area contributed by atoms with Crippen molar-refractivity contribution in [1.82, 2.24) is 4.98 Å². The number of halogens is 3. The van der Waals surface area contributed by atoms with Crippen molar-refractivity contribution in [2.24, 2.45) is 0 Å². The number of aromatic nitrogens is 1. The minimum Gasteiger partial charge on any atom is -0.454 e. The van der Waals surface area contributed by atoms with Gasteiger partial charge in [-0.3, -0.25) is 4.79 Å². The van der Waals surface area contributed by atoms with Crippen molar-refractivity contribution >= 4 is 17.6 Å². The Labute approximate surface area is 123 Å². The third kappa shape index (κ3) is 3.46. The molecule has 7 heteroatoms. The first-order chi connectivity index (χ1) is 9.88. The van der Waals surface area contributed by atoms with Crippen LogP contribution >= 0.6 is 11.6 Å². The molecule has 0 saturated carbocycles. The van der Waals surface area contributed by atoms with Crippen molar-refractivity contribution in [2.45, 2.75) is 13.0 Å². The molecule has 110 valence electrons. The van der Waals surface area contributed by atoms with Gasteiger partial charge in [-0.1, -0.05) is 17.7 Å². The second kappa shape index (κ2) is 6.05. The highest BCUT2D eigenvalue weighted by molar-refractivity contribution is 6.30. The van der Waals surface area contributed by atoms with E-state index in [0.29, 0.717) is 5.56 Å². The van der Waals surface area contributed by atoms with Gasteiger partial charge in [0, 0.05) is 6.20 Å². The Kier molecular flexibility index (Phi) is 4.37. The second-order valence-corrected chi connectivity index (χ2v) is 4.69. The first-order valence-electron chi connectivity index (χ1n) is 5.92. The van der Waals surface area contributed by atoms with Gasteiger partial charge in [-0.25, -0.2) is 13.6 Å². The Hall–Kier alpha value is -2.21. The van der Waals surface area contributed by atoms with Gasteiger partial charge >= 0.3 is 5.97 Å². The van der Waals surface area contributed by atoms with Crippen molar-refractivity contribution in [2.75, 3.05) is 0 Å². The van der Waals surface area contributed by atoms with Gasteiger partial charge in [-0.2, -0.15) is 0 Å². The van der Waals surface area contributed by atoms with Gasteiger partial charge < -0.3 is 9.72 Å². The average Bonchev–Trinajstić information content (AvgIpc) is 2.44. The number of hydrogen-bond acceptors (Lipinski definition) is 3. The molecule has 0 saturated heterocycles. The molecule has 1 heterocycles. The van der Waals surface area contributed by atoms with Gasteiger partial charge in [-0.15, -0.1) is 0 Å². The number of nitrogens with one attached hydrogen (secondary N) is 1. The lowest BCUT2D eigenvalue weighted by molar-refractivity contribution is 0.0336. The highest BCUT2D eigenvalue weighted by Gasteiger charge is 2.16. The van der Waals surface area contributed by atoms with E-state index in [2.05, 4.69) is 4.98 Å². The van der Waals surface area contributed by atoms with Crippen LogP contribution in [0.15, 0.2) is 35.3 Å². The molecule has 0 aliphatic rings. The zero-order valence-corrected chi connectivity index (χ0v) is 11.6. The monoisotopic (exact) mass is 313 g/mol. The van der Waals surface area contributed by atoms with Crippen LogP contribution < -0.4 is 5.56 Å². The van der Waals surface area contributed by atoms with Crippen molar-refractivity contribution < 1.29 is 18.3 Å². The molecule has 1 aromatic heterocycles. The molecule has 1 aromatic carbocycles. The van der Waals surface area contributed by atoms with Crippen LogP contribution in [-0.4, -0.2) is 11.0 Å². The average molecular weight is 314 g/mol. The molecule has 0 aliphatic carbocycles. The third-order valence-electron chi connectivity index (χ3n) is 2.79. The summed E-state index contributed by atoms with van der Waals surface area (Å²) in [6.45, 7) is 1.51. The number of ether oxygens (including phenoxy) is 1. The maximum Gasteiger partial charge on any atom is 0.340 e. The van der Waals surface area contributed by atoms with E-state index in [0.717, 1.165) is 18.3 Å². The minimum atomic E-state index is -1.03. The highest BCUT2D eigenvalue weighted by Crippen LogP contribution is 2.20. The van der Waals surface area contributed by atoms with E-state index in [4.69, 9.17) is 16.3 Å². The molecule has 0 bridgehead atoms. The molecule has 0 fully saturated rings. The first kappa shape index (κ1) is 15.2. The Balaban J connectivity index is 2.16. The molecule has 0 radical (unpaired) electrons. The SMILES string of the molecule is CC(OC(=O)c1c[nH]c(=O)c(Cl)c1)c1ccc(F)c(F)c1. The van der Waals surface area contributed by atoms with Crippen molar-refractivity contribution in [3.05, 3.63) is 68.6 Å². The number of rotatable bonds is 3. The molecule has 1 unspecified atom stereocenters. The lowest BCUT2D eigenvalue weighted by Gasteiger charge is -2.13. The second-order valence-electron chi connectivity index (χ2n) is 4.29. The van der Waals surface area contributed by atoms with Crippen LogP contribution in [0.25, 0.3) is 0 Å². The summed E-state index contributed by atoms with van der Waals surface area (Å²) in [5, 5.41) is -0.148. The Morgan fingerprint density at radius 3 is 2.62 bits per heavy atom. The Bertz CT molecular complexity index is 745. The van der Waals surface area contributed by atoms with Gasteiger partial charge in [0.2, 0.25) is 0 Å². The van der Waals surface area contributed by atoms with Crippen molar-refractivity contribution in [3.8, 4) is 0 Å². The lowest BCUT2D eigenvalue weighted by Crippen LogP contribution is -2.13. The number of pyridine rings is 1. The maximum atomic E-state index is 13.1. The predicted octanol–water partition coefficient (Wildman–Crippen LogP) is 3.22. The van der Waals surface area contributed by atoms with E-state index in [1.807, 2.05) is 0 Å². The van der Waals surface area contributed by atoms with Crippen LogP contribution in [0.3, 0.4) is 0 Å². The van der Waals surface area contributed by atoms with E-state index in [1.54, 1.807) is 0 Å². The predicted molar refractivity (Wildman–Crippen MR) is 72.3 cm³/mol. The quantitative estimate of drug-likeness (QED) is 0.885. The molecule has 0 spiro atoms. The van der Waals surface area contributed by atoms with Gasteiger partial charge in [0.15, 0.2) is 11.6 Å². The fourth-order valence-corrected chi connectivity index (χ4v) is 1.81. The number of H-pyrrole nitrogens is 1. The fraction of sp³-hybridized carbons (Fsp3) is 0.143. The molecule has 1 N–H and O–H groups in total. The van der Waals surface area contributed by atoms with E-state index < -0.39 is 29.3 Å². The molecular formula is C14H10ClF2NO3. The van der Waals surface area contributed by atoms with Crippen LogP contribution in [0.4, 0.5) is 8.78 Å². The Morgan fingerprint density at radius 1 is 1.29 bits per heavy atom. The molecular weight excluding hydrogens is 304 g/mol. The summed E-state index contributed by atoms with van der Waals surface area (Å²) in [6.07, 6.45) is 0.368. The summed E-state index contributed by atoms with van der Waals surface area (Å²) in [7, 11) is 0. The number of benzene rings is 1. The number of carbonyl (C=O) groups is 1. The summed E-state index contributed by atoms with van der Waals surface area (Å²) in [5.41, 5.74) is -0.173. The largest absolute Gasteiger partial charge is 0.454 e. The molecule has 1 atom stereocenters. The van der Waals surface area contributed by atoms with Crippen LogP contribution in [-0.2, 0) is 4.74 Å². The van der Waals surface area contributed by atoms with Gasteiger partial charge in [0.05, 0.1) is 5.56 Å². The molecule has 21 heavy (non-hydrogen) atoms. The summed E-state index contributed by atoms with van der Waals surface area (Å²) in [6, 6.07) is 4.38. The molecule has 0 amide bonds. The summed E-state index contributed by atoms with van der Waals surface area (Å²) < 4.78 is 31.1. The number of aromatic amines is 1. The third-order valence-corrected chi connectivity index (χ3v) is 3.07. The van der Waals surface area contributed by atoms with Gasteiger partial charge in [-0.05, 0) is 30.7 Å². The van der Waals surface area contributed by atoms with Gasteiger partial charge in [0.25, 0.3) is 5.56 Å². The maximum absolute atomic E-state index is 13.1. The topological polar surface area (TPSA) is 59.2 Å². The van der Waals surface area contributed by atoms with E-state index in [1.165, 1.54) is 19.1 Å². The fourth-order valence-electron chi connectivity index (χ4n) is 1.64. The van der Waals surface area contributed by atoms with Crippen LogP contribution in [0, 0.1) is 11.6 Å². The smallest absolute Gasteiger partial charge is 0.340 e. The summed E-state index contributed by atoms with van der Waals surface area (Å²) >= 11 is 5.61. The van der Waals surface area contributed by atoms with Crippen molar-refractivity contribution in [1.29, 1.82) is 0 Å². The van der Waals surface area contributed by atoms with E-state index >= 15 is 0 Å². The van der Waals surface area contributed by atoms with E-state index in [-0.39, 0.29) is 10.6 Å². The normalized spacial score (nSPS) is 12.0. The first-order valence-corrected chi connectivity index (χ1v) is 6.30. The van der Waals surface area contributed by atoms with Gasteiger partial charge in [0.1, 0.15) is 11.1 Å². The highest BCUT2D eigenvalue weighted by atomic mass is 35.5. The zero-order chi connectivity index (χ0) is 15.6. The van der Waals surface area contributed by atoms with E-state index in [9.17, 15) is 18.4 Å². The van der Waals surface area contributed by atoms with Crippen LogP contribution in [0.1, 0.15) is 28.9 Å². The van der Waals surface area contributed by atoms with Crippen LogP contribution in [0.2, 0.25) is 5.02 Å². The molecule has 4 nitrogen and oxygen atoms in total. The minimum absolute atomic E-state index is 0.0500. The zero-order valence-electron chi connectivity index (χ0n) is 10.8. The number of esters is 1. The summed E-state index contributed by atoms with van der Waals surface area (Å²) in [5.74, 6) is -2.75. The number of hydrogen-bond donors (Lipinski definition) is 1. The van der Waals surface area contributed by atoms with Crippen molar-refractivity contribution in [3.63, 3.8) is 0 Å². The lowest BCUT2D eigenvalue weighted by atomic mass is 10.1. The molecule has 2 rings (SSSR count). The van der Waals surface area contributed by atoms with Crippen LogP contribution in [0.5, 0.6) is 0 Å². The summed E-state index contributed by atoms with van der Waals surface area (Å²) in [4.78, 5) is 25.2. The standard InChI is InChI=1S/C14H10ClF2NO3/c1-7(8-2-3-11(16)12(17)5-8)21-14(20)9-4-10(15)13(19)18-6-9/h2-7H,1H3,(H,18,19).